The number of carbonyl (C=O) groups is 1. The van der Waals surface area contributed by atoms with Crippen LogP contribution in [0.25, 0.3) is 0 Å². The van der Waals surface area contributed by atoms with Gasteiger partial charge in [0.25, 0.3) is 0 Å². The number of methoxy groups -OCH3 is 1. The number of benzene rings is 1. The number of rotatable bonds is 7. The smallest absolute Gasteiger partial charge is 0.308 e. The molecule has 2 N–H and O–H groups in total. The number of guanidine groups is 1. The van der Waals surface area contributed by atoms with E-state index in [0.717, 1.165) is 57.8 Å². The van der Waals surface area contributed by atoms with Gasteiger partial charge in [-0.3, -0.25) is 9.79 Å². The van der Waals surface area contributed by atoms with Gasteiger partial charge < -0.3 is 20.3 Å². The molecule has 1 aromatic rings. The van der Waals surface area contributed by atoms with Gasteiger partial charge in [0.05, 0.1) is 19.6 Å². The molecule has 6 nitrogen and oxygen atoms in total. The molecule has 0 amide bonds. The van der Waals surface area contributed by atoms with E-state index < -0.39 is 0 Å². The van der Waals surface area contributed by atoms with E-state index in [-0.39, 0.29) is 41.4 Å². The van der Waals surface area contributed by atoms with Crippen LogP contribution in [0.1, 0.15) is 64.0 Å². The van der Waals surface area contributed by atoms with Gasteiger partial charge in [0.1, 0.15) is 0 Å². The molecule has 7 heteroatoms. The van der Waals surface area contributed by atoms with E-state index in [1.165, 1.54) is 25.5 Å². The first-order chi connectivity index (χ1) is 14.6. The van der Waals surface area contributed by atoms with Gasteiger partial charge in [-0.1, -0.05) is 43.2 Å². The number of nitrogens with zero attached hydrogens (tertiary/aromatic N) is 2. The Balaban J connectivity index is 0.00000341. The number of likely N-dealkylation sites (tertiary alicyclic amines) is 1. The summed E-state index contributed by atoms with van der Waals surface area (Å²) in [6.07, 6.45) is 6.49. The fraction of sp³-hybridized carbons (Fsp3) is 0.667. The van der Waals surface area contributed by atoms with Gasteiger partial charge in [-0.2, -0.15) is 0 Å². The summed E-state index contributed by atoms with van der Waals surface area (Å²) >= 11 is 0. The molecule has 174 valence electrons. The lowest BCUT2D eigenvalue weighted by Crippen LogP contribution is -2.50. The normalized spacial score (nSPS) is 20.1. The van der Waals surface area contributed by atoms with Crippen molar-refractivity contribution in [1.29, 1.82) is 0 Å². The van der Waals surface area contributed by atoms with Crippen molar-refractivity contribution in [3.05, 3.63) is 35.9 Å². The van der Waals surface area contributed by atoms with Crippen LogP contribution in [0, 0.1) is 5.92 Å². The molecule has 0 bridgehead atoms. The van der Waals surface area contributed by atoms with Crippen LogP contribution in [-0.4, -0.2) is 55.7 Å². The summed E-state index contributed by atoms with van der Waals surface area (Å²) in [7, 11) is 1.48. The van der Waals surface area contributed by atoms with Crippen LogP contribution < -0.4 is 10.6 Å². The Hall–Kier alpha value is -1.35. The Morgan fingerprint density at radius 1 is 1.23 bits per heavy atom. The second-order valence-corrected chi connectivity index (χ2v) is 8.72. The van der Waals surface area contributed by atoms with Crippen LogP contribution in [0.3, 0.4) is 0 Å². The average Bonchev–Trinajstić information content (AvgIpc) is 3.25. The third-order valence-corrected chi connectivity index (χ3v) is 6.58. The van der Waals surface area contributed by atoms with Crippen molar-refractivity contribution < 1.29 is 9.53 Å². The van der Waals surface area contributed by atoms with Crippen LogP contribution >= 0.6 is 24.0 Å². The van der Waals surface area contributed by atoms with Crippen LogP contribution in [0.2, 0.25) is 0 Å². The van der Waals surface area contributed by atoms with Crippen molar-refractivity contribution in [2.45, 2.75) is 64.0 Å². The van der Waals surface area contributed by atoms with Crippen LogP contribution in [-0.2, 0) is 9.53 Å². The standard InChI is InChI=1S/C24H38N4O2.HI/c1-4-25-23(28-16-12-21(13-17-28)22(29)30-3)26-18-24(14-8-9-15-24)27-19(2)20-10-6-5-7-11-20;/h5-7,10-11,19,21,27H,4,8-9,12-18H2,1-3H3,(H,25,26);1H. The Bertz CT molecular complexity index is 699. The summed E-state index contributed by atoms with van der Waals surface area (Å²) in [5, 5.41) is 7.39. The first-order valence-electron chi connectivity index (χ1n) is 11.5. The molecule has 1 saturated carbocycles. The molecule has 0 aromatic heterocycles. The zero-order chi connectivity index (χ0) is 21.4. The highest BCUT2D eigenvalue weighted by atomic mass is 127. The molecule has 1 unspecified atom stereocenters. The monoisotopic (exact) mass is 542 g/mol. The van der Waals surface area contributed by atoms with Crippen molar-refractivity contribution in [2.24, 2.45) is 10.9 Å². The number of aliphatic imine (C=N–C) groups is 1. The van der Waals surface area contributed by atoms with Crippen LogP contribution in [0.4, 0.5) is 0 Å². The molecule has 1 aromatic carbocycles. The number of nitrogens with one attached hydrogen (secondary N) is 2. The molecule has 0 spiro atoms. The zero-order valence-corrected chi connectivity index (χ0v) is 21.6. The lowest BCUT2D eigenvalue weighted by Gasteiger charge is -2.35. The number of hydrogen-bond acceptors (Lipinski definition) is 4. The van der Waals surface area contributed by atoms with Crippen molar-refractivity contribution in [3.63, 3.8) is 0 Å². The highest BCUT2D eigenvalue weighted by Gasteiger charge is 2.35. The van der Waals surface area contributed by atoms with Crippen molar-refractivity contribution in [3.8, 4) is 0 Å². The summed E-state index contributed by atoms with van der Waals surface area (Å²) in [4.78, 5) is 19.2. The van der Waals surface area contributed by atoms with Crippen molar-refractivity contribution >= 4 is 35.9 Å². The van der Waals surface area contributed by atoms with Crippen LogP contribution in [0.15, 0.2) is 35.3 Å². The van der Waals surface area contributed by atoms with Gasteiger partial charge in [-0.25, -0.2) is 0 Å². The molecule has 1 saturated heterocycles. The lowest BCUT2D eigenvalue weighted by atomic mass is 9.94. The number of carbonyl (C=O) groups excluding carboxylic acids is 1. The summed E-state index contributed by atoms with van der Waals surface area (Å²) < 4.78 is 4.92. The summed E-state index contributed by atoms with van der Waals surface area (Å²) in [5.74, 6) is 0.908. The van der Waals surface area contributed by atoms with E-state index in [1.807, 2.05) is 0 Å². The molecule has 1 atom stereocenters. The van der Waals surface area contributed by atoms with E-state index in [1.54, 1.807) is 0 Å². The number of ether oxygens (including phenoxy) is 1. The highest BCUT2D eigenvalue weighted by molar-refractivity contribution is 14.0. The molecule has 1 aliphatic carbocycles. The van der Waals surface area contributed by atoms with Gasteiger partial charge >= 0.3 is 5.97 Å². The predicted octanol–water partition coefficient (Wildman–Crippen LogP) is 4.12. The Morgan fingerprint density at radius 3 is 2.45 bits per heavy atom. The molecule has 31 heavy (non-hydrogen) atoms. The highest BCUT2D eigenvalue weighted by Crippen LogP contribution is 2.33. The molecule has 1 aliphatic heterocycles. The van der Waals surface area contributed by atoms with Gasteiger partial charge in [0.2, 0.25) is 0 Å². The molecule has 1 heterocycles. The average molecular weight is 543 g/mol. The Labute approximate surface area is 204 Å². The van der Waals surface area contributed by atoms with Crippen molar-refractivity contribution in [2.75, 3.05) is 33.3 Å². The van der Waals surface area contributed by atoms with Crippen molar-refractivity contribution in [1.82, 2.24) is 15.5 Å². The number of hydrogen-bond donors (Lipinski definition) is 2. The summed E-state index contributed by atoms with van der Waals surface area (Å²) in [6.45, 7) is 7.67. The van der Waals surface area contributed by atoms with E-state index >= 15 is 0 Å². The maximum absolute atomic E-state index is 11.8. The lowest BCUT2D eigenvalue weighted by molar-refractivity contribution is -0.146. The minimum absolute atomic E-state index is 0. The Kier molecular flexibility index (Phi) is 10.6. The predicted molar refractivity (Wildman–Crippen MR) is 137 cm³/mol. The summed E-state index contributed by atoms with van der Waals surface area (Å²) in [6, 6.07) is 11.0. The number of piperidine rings is 1. The minimum atomic E-state index is -0.0828. The molecular weight excluding hydrogens is 503 g/mol. The SMILES string of the molecule is CCNC(=NCC1(NC(C)c2ccccc2)CCCC1)N1CCC(C(=O)OC)CC1.I. The van der Waals surface area contributed by atoms with Gasteiger partial charge in [0.15, 0.2) is 5.96 Å². The molecule has 2 fully saturated rings. The molecule has 2 aliphatic rings. The van der Waals surface area contributed by atoms with E-state index in [2.05, 4.69) is 59.7 Å². The summed E-state index contributed by atoms with van der Waals surface area (Å²) in [5.41, 5.74) is 1.38. The topological polar surface area (TPSA) is 66.0 Å². The van der Waals surface area contributed by atoms with E-state index in [4.69, 9.17) is 9.73 Å². The quantitative estimate of drug-likeness (QED) is 0.235. The third-order valence-electron chi connectivity index (χ3n) is 6.58. The fourth-order valence-electron chi connectivity index (χ4n) is 4.83. The number of halogens is 1. The fourth-order valence-corrected chi connectivity index (χ4v) is 4.83. The van der Waals surface area contributed by atoms with Gasteiger partial charge in [-0.05, 0) is 45.1 Å². The first-order valence-corrected chi connectivity index (χ1v) is 11.5. The molecule has 3 rings (SSSR count). The minimum Gasteiger partial charge on any atom is -0.469 e. The first kappa shape index (κ1) is 25.9. The van der Waals surface area contributed by atoms with Gasteiger partial charge in [0, 0.05) is 31.2 Å². The molecular formula is C24H39IN4O2. The number of esters is 1. The maximum atomic E-state index is 11.8. The van der Waals surface area contributed by atoms with E-state index in [9.17, 15) is 4.79 Å². The zero-order valence-electron chi connectivity index (χ0n) is 19.2. The second-order valence-electron chi connectivity index (χ2n) is 8.72. The van der Waals surface area contributed by atoms with Crippen LogP contribution in [0.5, 0.6) is 0 Å². The largest absolute Gasteiger partial charge is 0.469 e. The molecule has 0 radical (unpaired) electrons. The van der Waals surface area contributed by atoms with Gasteiger partial charge in [-0.15, -0.1) is 24.0 Å². The third kappa shape index (κ3) is 7.07. The Morgan fingerprint density at radius 2 is 1.87 bits per heavy atom. The van der Waals surface area contributed by atoms with E-state index in [0.29, 0.717) is 6.04 Å². The maximum Gasteiger partial charge on any atom is 0.308 e. The second kappa shape index (κ2) is 12.6.